The van der Waals surface area contributed by atoms with Crippen LogP contribution in [0.1, 0.15) is 11.6 Å². The molecule has 0 amide bonds. The van der Waals surface area contributed by atoms with E-state index in [0.29, 0.717) is 10.0 Å². The zero-order chi connectivity index (χ0) is 9.14. The summed E-state index contributed by atoms with van der Waals surface area (Å²) in [7, 11) is 0. The molecular formula is C8H10Cl3NO. The number of halogens is 3. The average molecular weight is 243 g/mol. The lowest BCUT2D eigenvalue weighted by molar-refractivity contribution is 0.268. The van der Waals surface area contributed by atoms with E-state index in [1.807, 2.05) is 0 Å². The molecule has 2 nitrogen and oxygen atoms in total. The summed E-state index contributed by atoms with van der Waals surface area (Å²) < 4.78 is 0. The van der Waals surface area contributed by atoms with Gasteiger partial charge in [-0.25, -0.2) is 0 Å². The highest BCUT2D eigenvalue weighted by Gasteiger charge is 2.05. The van der Waals surface area contributed by atoms with Gasteiger partial charge in [0.1, 0.15) is 0 Å². The van der Waals surface area contributed by atoms with Crippen LogP contribution in [-0.4, -0.2) is 11.7 Å². The Hall–Kier alpha value is 0.01000. The maximum Gasteiger partial charge on any atom is 0.0624 e. The van der Waals surface area contributed by atoms with Crippen LogP contribution in [-0.2, 0) is 0 Å². The minimum Gasteiger partial charge on any atom is -0.394 e. The molecule has 0 heterocycles. The number of nitrogens with two attached hydrogens (primary N) is 1. The Labute approximate surface area is 93.1 Å². The van der Waals surface area contributed by atoms with Crippen molar-refractivity contribution in [2.45, 2.75) is 6.04 Å². The number of benzene rings is 1. The van der Waals surface area contributed by atoms with Crippen molar-refractivity contribution in [2.75, 3.05) is 6.61 Å². The molecule has 1 aromatic carbocycles. The summed E-state index contributed by atoms with van der Waals surface area (Å²) in [6, 6.07) is 4.68. The predicted molar refractivity (Wildman–Crippen MR) is 57.7 cm³/mol. The molecule has 0 aliphatic heterocycles. The normalized spacial score (nSPS) is 12.0. The van der Waals surface area contributed by atoms with Crippen molar-refractivity contribution < 1.29 is 5.11 Å². The highest BCUT2D eigenvalue weighted by atomic mass is 35.5. The van der Waals surface area contributed by atoms with Gasteiger partial charge >= 0.3 is 0 Å². The molecule has 0 radical (unpaired) electrons. The van der Waals surface area contributed by atoms with Crippen LogP contribution in [0, 0.1) is 0 Å². The van der Waals surface area contributed by atoms with E-state index < -0.39 is 0 Å². The summed E-state index contributed by atoms with van der Waals surface area (Å²) in [4.78, 5) is 0. The first-order valence-electron chi connectivity index (χ1n) is 3.46. The molecular weight excluding hydrogens is 232 g/mol. The lowest BCUT2D eigenvalue weighted by Crippen LogP contribution is -2.14. The van der Waals surface area contributed by atoms with E-state index >= 15 is 0 Å². The van der Waals surface area contributed by atoms with E-state index in [1.165, 1.54) is 0 Å². The lowest BCUT2D eigenvalue weighted by atomic mass is 10.1. The maximum atomic E-state index is 8.75. The van der Waals surface area contributed by atoms with Crippen LogP contribution in [0.15, 0.2) is 18.2 Å². The van der Waals surface area contributed by atoms with Gasteiger partial charge in [0.25, 0.3) is 0 Å². The van der Waals surface area contributed by atoms with Gasteiger partial charge in [0, 0.05) is 0 Å². The van der Waals surface area contributed by atoms with E-state index in [-0.39, 0.29) is 25.1 Å². The zero-order valence-corrected chi connectivity index (χ0v) is 9.03. The molecule has 1 aromatic rings. The van der Waals surface area contributed by atoms with Crippen molar-refractivity contribution >= 4 is 35.6 Å². The number of hydrogen-bond acceptors (Lipinski definition) is 2. The summed E-state index contributed by atoms with van der Waals surface area (Å²) in [5.74, 6) is 0. The van der Waals surface area contributed by atoms with Gasteiger partial charge in [-0.1, -0.05) is 29.3 Å². The molecule has 74 valence electrons. The van der Waals surface area contributed by atoms with Crippen LogP contribution in [0.25, 0.3) is 0 Å². The van der Waals surface area contributed by atoms with Gasteiger partial charge in [0.05, 0.1) is 22.7 Å². The van der Waals surface area contributed by atoms with E-state index in [4.69, 9.17) is 34.0 Å². The Bertz CT molecular complexity index is 280. The molecule has 0 aliphatic carbocycles. The van der Waals surface area contributed by atoms with Crippen LogP contribution >= 0.6 is 35.6 Å². The van der Waals surface area contributed by atoms with Gasteiger partial charge in [-0.3, -0.25) is 0 Å². The zero-order valence-electron chi connectivity index (χ0n) is 6.71. The van der Waals surface area contributed by atoms with Crippen LogP contribution in [0.4, 0.5) is 0 Å². The van der Waals surface area contributed by atoms with Gasteiger partial charge < -0.3 is 10.8 Å². The molecule has 0 aliphatic rings. The van der Waals surface area contributed by atoms with E-state index in [9.17, 15) is 0 Å². The molecule has 1 rings (SSSR count). The highest BCUT2D eigenvalue weighted by molar-refractivity contribution is 6.42. The van der Waals surface area contributed by atoms with Crippen LogP contribution in [0.2, 0.25) is 10.0 Å². The monoisotopic (exact) mass is 241 g/mol. The summed E-state index contributed by atoms with van der Waals surface area (Å²) in [5.41, 5.74) is 6.35. The lowest BCUT2D eigenvalue weighted by Gasteiger charge is -2.08. The van der Waals surface area contributed by atoms with Gasteiger partial charge in [0.2, 0.25) is 0 Å². The molecule has 3 N–H and O–H groups in total. The van der Waals surface area contributed by atoms with Gasteiger partial charge in [-0.2, -0.15) is 0 Å². The number of rotatable bonds is 2. The summed E-state index contributed by atoms with van der Waals surface area (Å²) in [6.45, 7) is -0.0992. The topological polar surface area (TPSA) is 46.2 Å². The molecule has 0 unspecified atom stereocenters. The molecule has 13 heavy (non-hydrogen) atoms. The predicted octanol–water partition coefficient (Wildman–Crippen LogP) is 2.41. The summed E-state index contributed by atoms with van der Waals surface area (Å²) in [5, 5.41) is 9.70. The quantitative estimate of drug-likeness (QED) is 0.837. The van der Waals surface area contributed by atoms with Crippen molar-refractivity contribution in [3.63, 3.8) is 0 Å². The van der Waals surface area contributed by atoms with Crippen molar-refractivity contribution in [2.24, 2.45) is 5.73 Å². The number of aliphatic hydroxyl groups is 1. The van der Waals surface area contributed by atoms with E-state index in [0.717, 1.165) is 5.56 Å². The van der Waals surface area contributed by atoms with Crippen molar-refractivity contribution in [1.29, 1.82) is 0 Å². The van der Waals surface area contributed by atoms with Crippen LogP contribution in [0.5, 0.6) is 0 Å². The third-order valence-corrected chi connectivity index (χ3v) is 2.31. The fraction of sp³-hybridized carbons (Fsp3) is 0.250. The second-order valence-electron chi connectivity index (χ2n) is 2.46. The van der Waals surface area contributed by atoms with Crippen molar-refractivity contribution in [1.82, 2.24) is 0 Å². The molecule has 0 aromatic heterocycles. The van der Waals surface area contributed by atoms with Gasteiger partial charge in [-0.05, 0) is 17.7 Å². The van der Waals surface area contributed by atoms with Crippen LogP contribution in [0.3, 0.4) is 0 Å². The number of aliphatic hydroxyl groups excluding tert-OH is 1. The fourth-order valence-corrected chi connectivity index (χ4v) is 1.15. The number of hydrogen-bond donors (Lipinski definition) is 2. The Morgan fingerprint density at radius 3 is 2.38 bits per heavy atom. The van der Waals surface area contributed by atoms with E-state index in [1.54, 1.807) is 18.2 Å². The van der Waals surface area contributed by atoms with Gasteiger partial charge in [0.15, 0.2) is 0 Å². The van der Waals surface area contributed by atoms with E-state index in [2.05, 4.69) is 0 Å². The second-order valence-corrected chi connectivity index (χ2v) is 3.28. The Morgan fingerprint density at radius 2 is 1.92 bits per heavy atom. The summed E-state index contributed by atoms with van der Waals surface area (Å²) in [6.07, 6.45) is 0. The Kier molecular flexibility index (Phi) is 5.68. The van der Waals surface area contributed by atoms with Gasteiger partial charge in [-0.15, -0.1) is 12.4 Å². The molecule has 1 atom stereocenters. The Balaban J connectivity index is 0.00000144. The molecule has 0 bridgehead atoms. The van der Waals surface area contributed by atoms with Crippen LogP contribution < -0.4 is 5.73 Å². The first-order valence-corrected chi connectivity index (χ1v) is 4.22. The molecule has 0 spiro atoms. The first-order chi connectivity index (χ1) is 5.65. The second kappa shape index (κ2) is 5.68. The summed E-state index contributed by atoms with van der Waals surface area (Å²) >= 11 is 11.4. The largest absolute Gasteiger partial charge is 0.394 e. The molecule has 0 saturated carbocycles. The fourth-order valence-electron chi connectivity index (χ4n) is 0.848. The molecule has 5 heteroatoms. The maximum absolute atomic E-state index is 8.75. The van der Waals surface area contributed by atoms with Crippen molar-refractivity contribution in [3.05, 3.63) is 33.8 Å². The Morgan fingerprint density at radius 1 is 1.31 bits per heavy atom. The molecule has 0 fully saturated rings. The minimum atomic E-state index is -0.389. The molecule has 0 saturated heterocycles. The van der Waals surface area contributed by atoms with Crippen molar-refractivity contribution in [3.8, 4) is 0 Å². The SMILES string of the molecule is Cl.N[C@H](CO)c1ccc(Cl)c(Cl)c1. The standard InChI is InChI=1S/C8H9Cl2NO.ClH/c9-6-2-1-5(3-7(6)10)8(11)4-12;/h1-3,8,12H,4,11H2;1H/t8-;/m1./s1. The third kappa shape index (κ3) is 3.33. The highest BCUT2D eigenvalue weighted by Crippen LogP contribution is 2.24. The minimum absolute atomic E-state index is 0. The smallest absolute Gasteiger partial charge is 0.0624 e. The third-order valence-electron chi connectivity index (χ3n) is 1.57. The average Bonchev–Trinajstić information content (AvgIpc) is 2.08. The first kappa shape index (κ1) is 13.0.